The Kier molecular flexibility index (Phi) is 7.49. The molecule has 0 fully saturated rings. The number of rotatable bonds is 3. The maximum absolute atomic E-state index is 12.0. The maximum Gasteiger partial charge on any atom is 0.255 e. The third kappa shape index (κ3) is 4.33. The second-order valence-electron chi connectivity index (χ2n) is 3.97. The van der Waals surface area contributed by atoms with Gasteiger partial charge in [-0.3, -0.25) is 9.78 Å². The smallest absolute Gasteiger partial charge is 0.255 e. The molecule has 8 heteroatoms. The number of halogens is 2. The molecule has 0 bridgehead atoms. The Morgan fingerprint density at radius 2 is 2.10 bits per heavy atom. The number of thiazole rings is 1. The molecule has 5 nitrogen and oxygen atoms in total. The van der Waals surface area contributed by atoms with Crippen LogP contribution in [0.2, 0.25) is 0 Å². The molecule has 0 aliphatic rings. The van der Waals surface area contributed by atoms with Crippen LogP contribution in [0.4, 0.5) is 5.69 Å². The second-order valence-corrected chi connectivity index (χ2v) is 5.23. The highest BCUT2D eigenvalue weighted by atomic mass is 35.5. The molecule has 0 saturated heterocycles. The van der Waals surface area contributed by atoms with E-state index in [0.29, 0.717) is 11.3 Å². The van der Waals surface area contributed by atoms with Gasteiger partial charge in [0.15, 0.2) is 0 Å². The van der Waals surface area contributed by atoms with Gasteiger partial charge in [-0.1, -0.05) is 0 Å². The van der Waals surface area contributed by atoms with E-state index in [-0.39, 0.29) is 36.8 Å². The summed E-state index contributed by atoms with van der Waals surface area (Å²) in [5.41, 5.74) is 6.53. The number of amides is 1. The van der Waals surface area contributed by atoms with Crippen LogP contribution in [0.25, 0.3) is 0 Å². The van der Waals surface area contributed by atoms with Gasteiger partial charge in [0.1, 0.15) is 5.01 Å². The molecule has 1 atom stereocenters. The lowest BCUT2D eigenvalue weighted by molar-refractivity contribution is 0.0940. The number of nitrogens with two attached hydrogens (primary N) is 1. The molecule has 1 unspecified atom stereocenters. The monoisotopic (exact) mass is 334 g/mol. The summed E-state index contributed by atoms with van der Waals surface area (Å²) in [5.74, 6) is -0.235. The highest BCUT2D eigenvalue weighted by molar-refractivity contribution is 7.11. The molecule has 20 heavy (non-hydrogen) atoms. The Hall–Kier alpha value is -1.37. The fraction of sp³-hybridized carbons (Fsp3) is 0.250. The van der Waals surface area contributed by atoms with Crippen molar-refractivity contribution in [2.45, 2.75) is 19.9 Å². The van der Waals surface area contributed by atoms with Crippen LogP contribution in [0.3, 0.4) is 0 Å². The van der Waals surface area contributed by atoms with Crippen LogP contribution in [-0.2, 0) is 0 Å². The molecule has 0 spiro atoms. The summed E-state index contributed by atoms with van der Waals surface area (Å²) in [4.78, 5) is 21.3. The van der Waals surface area contributed by atoms with Crippen molar-refractivity contribution in [2.75, 3.05) is 5.73 Å². The summed E-state index contributed by atoms with van der Waals surface area (Å²) < 4.78 is 0. The molecule has 3 N–H and O–H groups in total. The van der Waals surface area contributed by atoms with E-state index >= 15 is 0 Å². The van der Waals surface area contributed by atoms with Crippen molar-refractivity contribution in [3.05, 3.63) is 40.1 Å². The minimum Gasteiger partial charge on any atom is -0.398 e. The Morgan fingerprint density at radius 3 is 2.65 bits per heavy atom. The van der Waals surface area contributed by atoms with E-state index in [2.05, 4.69) is 15.3 Å². The molecule has 2 aromatic heterocycles. The number of aromatic nitrogens is 2. The molecule has 0 aromatic carbocycles. The van der Waals surface area contributed by atoms with Crippen molar-refractivity contribution in [1.82, 2.24) is 15.3 Å². The fourth-order valence-electron chi connectivity index (χ4n) is 1.50. The highest BCUT2D eigenvalue weighted by Gasteiger charge is 2.15. The molecule has 2 aromatic rings. The number of nitrogens with one attached hydrogen (secondary N) is 1. The number of carbonyl (C=O) groups excluding carboxylic acids is 1. The van der Waals surface area contributed by atoms with E-state index in [1.165, 1.54) is 6.20 Å². The fourth-order valence-corrected chi connectivity index (χ4v) is 2.28. The van der Waals surface area contributed by atoms with Crippen LogP contribution in [-0.4, -0.2) is 15.9 Å². The van der Waals surface area contributed by atoms with Crippen molar-refractivity contribution in [2.24, 2.45) is 0 Å². The molecule has 2 rings (SSSR count). The summed E-state index contributed by atoms with van der Waals surface area (Å²) in [6, 6.07) is 1.46. The van der Waals surface area contributed by atoms with Crippen LogP contribution in [0.15, 0.2) is 24.7 Å². The number of carbonyl (C=O) groups is 1. The Morgan fingerprint density at radius 1 is 1.40 bits per heavy atom. The molecule has 0 radical (unpaired) electrons. The van der Waals surface area contributed by atoms with Gasteiger partial charge in [0.05, 0.1) is 11.6 Å². The van der Waals surface area contributed by atoms with E-state index < -0.39 is 0 Å². The predicted octanol–water partition coefficient (Wildman–Crippen LogP) is 2.76. The van der Waals surface area contributed by atoms with Crippen LogP contribution in [0.1, 0.15) is 33.2 Å². The van der Waals surface area contributed by atoms with Gasteiger partial charge in [-0.05, 0) is 19.9 Å². The van der Waals surface area contributed by atoms with Crippen molar-refractivity contribution in [3.63, 3.8) is 0 Å². The standard InChI is InChI=1S/C12H14N4OS.2ClH/c1-7-5-15-12(18-7)8(2)16-11(17)9-6-14-4-3-10(9)13;;/h3-6,8H,1-2H3,(H2,13,14)(H,16,17);2*1H. The van der Waals surface area contributed by atoms with E-state index in [4.69, 9.17) is 5.73 Å². The minimum atomic E-state index is -0.235. The number of nitrogen functional groups attached to an aromatic ring is 1. The first-order valence-electron chi connectivity index (χ1n) is 5.50. The van der Waals surface area contributed by atoms with Crippen molar-refractivity contribution in [1.29, 1.82) is 0 Å². The van der Waals surface area contributed by atoms with Crippen LogP contribution < -0.4 is 11.1 Å². The number of anilines is 1. The van der Waals surface area contributed by atoms with Gasteiger partial charge in [-0.2, -0.15) is 0 Å². The minimum absolute atomic E-state index is 0. The van der Waals surface area contributed by atoms with Crippen LogP contribution in [0.5, 0.6) is 0 Å². The number of hydrogen-bond acceptors (Lipinski definition) is 5. The van der Waals surface area contributed by atoms with Crippen molar-refractivity contribution >= 4 is 47.7 Å². The van der Waals surface area contributed by atoms with Crippen molar-refractivity contribution in [3.8, 4) is 0 Å². The Balaban J connectivity index is 0.00000180. The van der Waals surface area contributed by atoms with E-state index in [1.807, 2.05) is 13.8 Å². The number of pyridine rings is 1. The maximum atomic E-state index is 12.0. The first-order valence-corrected chi connectivity index (χ1v) is 6.32. The molecule has 110 valence electrons. The lowest BCUT2D eigenvalue weighted by Gasteiger charge is -2.12. The second kappa shape index (κ2) is 8.04. The van der Waals surface area contributed by atoms with Crippen LogP contribution >= 0.6 is 36.2 Å². The zero-order valence-corrected chi connectivity index (χ0v) is 13.4. The lowest BCUT2D eigenvalue weighted by Crippen LogP contribution is -2.27. The number of aryl methyl sites for hydroxylation is 1. The quantitative estimate of drug-likeness (QED) is 0.904. The van der Waals surface area contributed by atoms with E-state index in [1.54, 1.807) is 29.8 Å². The predicted molar refractivity (Wildman–Crippen MR) is 85.9 cm³/mol. The molecule has 1 amide bonds. The molecular weight excluding hydrogens is 319 g/mol. The topological polar surface area (TPSA) is 80.9 Å². The van der Waals surface area contributed by atoms with Gasteiger partial charge in [0, 0.05) is 29.2 Å². The Labute approximate surface area is 133 Å². The summed E-state index contributed by atoms with van der Waals surface area (Å²) in [5, 5.41) is 3.73. The summed E-state index contributed by atoms with van der Waals surface area (Å²) >= 11 is 1.56. The Bertz CT molecular complexity index is 576. The zero-order chi connectivity index (χ0) is 13.1. The van der Waals surface area contributed by atoms with Crippen LogP contribution in [0, 0.1) is 6.92 Å². The first kappa shape index (κ1) is 18.6. The van der Waals surface area contributed by atoms with Crippen molar-refractivity contribution < 1.29 is 4.79 Å². The van der Waals surface area contributed by atoms with Gasteiger partial charge in [0.2, 0.25) is 0 Å². The van der Waals surface area contributed by atoms with Gasteiger partial charge in [-0.25, -0.2) is 4.98 Å². The molecule has 0 aliphatic carbocycles. The molecule has 0 aliphatic heterocycles. The first-order chi connectivity index (χ1) is 8.58. The molecular formula is C12H16Cl2N4OS. The molecule has 2 heterocycles. The number of nitrogens with zero attached hydrogens (tertiary/aromatic N) is 2. The number of hydrogen-bond donors (Lipinski definition) is 2. The third-order valence-corrected chi connectivity index (χ3v) is 3.55. The summed E-state index contributed by atoms with van der Waals surface area (Å²) in [6.45, 7) is 3.87. The zero-order valence-electron chi connectivity index (χ0n) is 11.0. The molecule has 0 saturated carbocycles. The van der Waals surface area contributed by atoms with Gasteiger partial charge in [-0.15, -0.1) is 36.2 Å². The van der Waals surface area contributed by atoms with E-state index in [0.717, 1.165) is 9.88 Å². The average molecular weight is 335 g/mol. The largest absolute Gasteiger partial charge is 0.398 e. The lowest BCUT2D eigenvalue weighted by atomic mass is 10.2. The van der Waals surface area contributed by atoms with Gasteiger partial charge in [0.25, 0.3) is 5.91 Å². The third-order valence-electron chi connectivity index (χ3n) is 2.46. The normalized spacial score (nSPS) is 10.9. The average Bonchev–Trinajstić information content (AvgIpc) is 2.76. The summed E-state index contributed by atoms with van der Waals surface area (Å²) in [6.07, 6.45) is 4.81. The van der Waals surface area contributed by atoms with Gasteiger partial charge < -0.3 is 11.1 Å². The van der Waals surface area contributed by atoms with E-state index in [9.17, 15) is 4.79 Å². The van der Waals surface area contributed by atoms with Gasteiger partial charge >= 0.3 is 0 Å². The summed E-state index contributed by atoms with van der Waals surface area (Å²) in [7, 11) is 0. The highest BCUT2D eigenvalue weighted by Crippen LogP contribution is 2.19. The SMILES string of the molecule is Cc1cnc(C(C)NC(=O)c2cnccc2N)s1.Cl.Cl.